The first kappa shape index (κ1) is 84.5. The summed E-state index contributed by atoms with van der Waals surface area (Å²) in [6.45, 7) is 19.8. The molecule has 2 saturated carbocycles. The number of aliphatic imine (C=N–C) groups is 1. The number of amides is 10. The summed E-state index contributed by atoms with van der Waals surface area (Å²) in [6, 6.07) is -11.8. The number of nitrogens with two attached hydrogens (primary N) is 2. The molecular weight excluding hydrogens is 1320 g/mol. The highest BCUT2D eigenvalue weighted by Crippen LogP contribution is 2.51. The van der Waals surface area contributed by atoms with Crippen LogP contribution in [0.2, 0.25) is 0 Å². The number of hydrogen-bond acceptors (Lipinski definition) is 18. The molecule has 1 unspecified atom stereocenters. The number of primary amides is 1. The van der Waals surface area contributed by atoms with Crippen LogP contribution in [0, 0.1) is 59.2 Å². The molecule has 0 bridgehead atoms. The highest BCUT2D eigenvalue weighted by molar-refractivity contribution is 8.77. The van der Waals surface area contributed by atoms with E-state index in [1.165, 1.54) is 9.80 Å². The number of fused-ring (bicyclic) bond motifs is 4. The van der Waals surface area contributed by atoms with Crippen LogP contribution in [0.15, 0.2) is 4.99 Å². The van der Waals surface area contributed by atoms with Crippen LogP contribution in [0.3, 0.4) is 0 Å². The molecule has 2 aliphatic carbocycles. The molecule has 5 aliphatic rings. The van der Waals surface area contributed by atoms with E-state index in [1.54, 1.807) is 34.6 Å². The van der Waals surface area contributed by atoms with Gasteiger partial charge in [-0.1, -0.05) is 122 Å². The molecule has 100 heavy (non-hydrogen) atoms. The minimum absolute atomic E-state index is 0.0249. The van der Waals surface area contributed by atoms with Gasteiger partial charge in [0, 0.05) is 67.2 Å². The average Bonchev–Trinajstić information content (AvgIpc) is 1.60. The van der Waals surface area contributed by atoms with Crippen molar-refractivity contribution in [1.29, 1.82) is 0 Å². The number of Topliss-reactive ketones (excluding diaryl/α,β-unsaturated/α-hetero) is 3. The Hall–Kier alpha value is -6.20. The number of ketones is 3. The van der Waals surface area contributed by atoms with Gasteiger partial charge >= 0.3 is 0 Å². The van der Waals surface area contributed by atoms with Crippen LogP contribution in [-0.2, 0) is 62.3 Å². The first-order chi connectivity index (χ1) is 47.3. The second-order valence-corrected chi connectivity index (χ2v) is 32.7. The number of carbonyl (C=O) groups excluding carboxylic acids is 13. The van der Waals surface area contributed by atoms with Gasteiger partial charge in [0.25, 0.3) is 0 Å². The summed E-state index contributed by atoms with van der Waals surface area (Å²) in [7, 11) is 2.06. The zero-order valence-corrected chi connectivity index (χ0v) is 62.8. The molecule has 0 radical (unpaired) electrons. The van der Waals surface area contributed by atoms with E-state index < -0.39 is 179 Å². The Kier molecular flexibility index (Phi) is 33.8. The maximum Gasteiger partial charge on any atom is 0.246 e. The molecule has 5 fully saturated rings. The lowest BCUT2D eigenvalue weighted by Crippen LogP contribution is -2.64. The van der Waals surface area contributed by atoms with E-state index >= 15 is 24.0 Å². The molecule has 27 nitrogen and oxygen atoms in total. The Labute approximate surface area is 599 Å². The van der Waals surface area contributed by atoms with Crippen molar-refractivity contribution >= 4 is 104 Å². The van der Waals surface area contributed by atoms with Crippen LogP contribution in [0.1, 0.15) is 205 Å². The monoisotopic (exact) mass is 1440 g/mol. The summed E-state index contributed by atoms with van der Waals surface area (Å²) in [4.78, 5) is 198. The molecule has 3 aliphatic heterocycles. The quantitative estimate of drug-likeness (QED) is 0.0286. The maximum atomic E-state index is 15.6. The second-order valence-electron chi connectivity index (χ2n) is 29.7. The minimum Gasteiger partial charge on any atom is -0.396 e. The second kappa shape index (κ2) is 40.0. The summed E-state index contributed by atoms with van der Waals surface area (Å²) in [5.41, 5.74) is 11.6. The summed E-state index contributed by atoms with van der Waals surface area (Å²) >= 11 is 0. The van der Waals surface area contributed by atoms with Crippen LogP contribution in [0.4, 0.5) is 0 Å². The smallest absolute Gasteiger partial charge is 0.246 e. The van der Waals surface area contributed by atoms with E-state index in [9.17, 15) is 48.6 Å². The van der Waals surface area contributed by atoms with Crippen molar-refractivity contribution in [3.63, 3.8) is 0 Å². The van der Waals surface area contributed by atoms with Gasteiger partial charge in [-0.25, -0.2) is 0 Å². The highest BCUT2D eigenvalue weighted by atomic mass is 33.1. The van der Waals surface area contributed by atoms with Crippen molar-refractivity contribution in [3.05, 3.63) is 0 Å². The Morgan fingerprint density at radius 1 is 0.740 bits per heavy atom. The molecule has 0 aromatic heterocycles. The predicted molar refractivity (Wildman–Crippen MR) is 383 cm³/mol. The molecule has 3 saturated heterocycles. The Balaban J connectivity index is 1.69. The molecule has 10 amide bonds. The Morgan fingerprint density at radius 3 is 2.01 bits per heavy atom. The molecule has 0 spiro atoms. The van der Waals surface area contributed by atoms with E-state index in [4.69, 9.17) is 11.5 Å². The molecule has 0 aromatic carbocycles. The van der Waals surface area contributed by atoms with Gasteiger partial charge in [-0.3, -0.25) is 67.3 Å². The predicted octanol–water partition coefficient (Wildman–Crippen LogP) is 3.31. The molecule has 29 heteroatoms. The third-order valence-corrected chi connectivity index (χ3v) is 24.6. The third kappa shape index (κ3) is 22.9. The molecule has 18 atom stereocenters. The largest absolute Gasteiger partial charge is 0.396 e. The lowest BCUT2D eigenvalue weighted by molar-refractivity contribution is -0.145. The van der Waals surface area contributed by atoms with Crippen LogP contribution < -0.4 is 48.7 Å². The topological polar surface area (TPSA) is 417 Å². The number of nitrogens with one attached hydrogen (secondary N) is 7. The van der Waals surface area contributed by atoms with Crippen LogP contribution in [-0.4, -0.2) is 200 Å². The fourth-order valence-corrected chi connectivity index (χ4v) is 17.7. The van der Waals surface area contributed by atoms with Crippen LogP contribution in [0.25, 0.3) is 0 Å². The molecule has 5 rings (SSSR count). The summed E-state index contributed by atoms with van der Waals surface area (Å²) in [6.07, 6.45) is 6.19. The van der Waals surface area contributed by atoms with Crippen molar-refractivity contribution < 1.29 is 72.5 Å². The number of amidine groups is 1. The molecule has 3 heterocycles. The SMILES string of the molecule is CCCC(=O)C[C@H](C(=O)N[C@H]1CSSC(C)(C)[C@@H](C(=O)N[C@H](C(=O)N2CCC[C@H]2C(N)=O)[C@@H](C)CC)NC(=O)[C@H]([C@@H](C)CC)NC(=O)[C@@H]2C[C@@H]3CCCC[C@@H]3C2C(=O)[C@@H]2CCCN2C(=O)[C@H](CC(C)C)NC(=O)[C@H](CO)NC(=O)[C@H](CCCN=C(C)N)NC(=O)[C@H](CO)CC1=O)[C@@H](C)CC. The minimum atomic E-state index is -1.68. The first-order valence-electron chi connectivity index (χ1n) is 36.7. The van der Waals surface area contributed by atoms with E-state index in [-0.39, 0.29) is 105 Å². The summed E-state index contributed by atoms with van der Waals surface area (Å²) in [5.74, 6) is -14.8. The molecule has 0 aromatic rings. The standard InChI is InChI=1S/C71H118N12O15S2/c1-13-22-45(86)34-47(39(7)14-2)63(91)78-52-37-99-100-71(11,12)60(68(96)80-58(41(9)16-4)70(98)83-30-21-27-54(83)61(73)89)81-67(95)57(40(8)15-3)79-64(92)48-32-43-23-17-18-24-46(43)56(48)59(88)53-26-20-29-82(53)69(97)50(31-38(5)6)76-66(94)51(36-85)77-65(93)49(25-19-28-74-42(10)72)75-62(90)44(35-84)33-55(52)87/h38-41,43-44,46-54,56-58,60,84-85H,13-37H2,1-12H3,(H2,72,74)(H2,73,89)(H,75,90)(H,76,94)(H,77,93)(H,78,91)(H,79,92)(H,80,96)(H,81,95)/t39-,40-,41-,43-,44-,46-,47-,48+,49-,50-,51-,52-,53-,54-,56?,57-,58-,60+/m0/s1. The van der Waals surface area contributed by atoms with E-state index in [0.29, 0.717) is 57.8 Å². The van der Waals surface area contributed by atoms with Gasteiger partial charge in [-0.15, -0.1) is 0 Å². The molecule has 13 N–H and O–H groups in total. The fourth-order valence-electron chi connectivity index (χ4n) is 14.8. The number of aliphatic hydroxyl groups is 2. The lowest BCUT2D eigenvalue weighted by Gasteiger charge is -2.37. The van der Waals surface area contributed by atoms with Crippen molar-refractivity contribution in [1.82, 2.24) is 47.0 Å². The van der Waals surface area contributed by atoms with Crippen LogP contribution >= 0.6 is 21.6 Å². The normalized spacial score (nSPS) is 29.7. The number of rotatable bonds is 24. The Bertz CT molecular complexity index is 2910. The number of likely N-dealkylation sites (tertiary alicyclic amines) is 1. The van der Waals surface area contributed by atoms with E-state index in [2.05, 4.69) is 42.2 Å². The molecular formula is C71H118N12O15S2. The zero-order valence-electron chi connectivity index (χ0n) is 61.2. The van der Waals surface area contributed by atoms with Gasteiger partial charge in [0.1, 0.15) is 48.1 Å². The number of aliphatic hydroxyl groups excluding tert-OH is 2. The number of carbonyl (C=O) groups is 13. The first-order valence-corrected chi connectivity index (χ1v) is 39.0. The van der Waals surface area contributed by atoms with Gasteiger partial charge in [0.05, 0.1) is 37.1 Å². The fraction of sp³-hybridized carbons (Fsp3) is 0.803. The number of nitrogens with zero attached hydrogens (tertiary/aromatic N) is 3. The zero-order chi connectivity index (χ0) is 74.5. The van der Waals surface area contributed by atoms with E-state index in [0.717, 1.165) is 40.9 Å². The van der Waals surface area contributed by atoms with Gasteiger partial charge in [0.2, 0.25) is 59.1 Å². The highest BCUT2D eigenvalue weighted by Gasteiger charge is 2.54. The van der Waals surface area contributed by atoms with Crippen molar-refractivity contribution in [3.8, 4) is 0 Å². The van der Waals surface area contributed by atoms with Gasteiger partial charge in [-0.05, 0) is 120 Å². The average molecular weight is 1440 g/mol. The van der Waals surface area contributed by atoms with Crippen molar-refractivity contribution in [2.75, 3.05) is 38.6 Å². The number of hydrogen-bond donors (Lipinski definition) is 11. The summed E-state index contributed by atoms with van der Waals surface area (Å²) < 4.78 is -1.42. The van der Waals surface area contributed by atoms with E-state index in [1.807, 2.05) is 48.5 Å². The van der Waals surface area contributed by atoms with Gasteiger partial charge in [0.15, 0.2) is 11.6 Å². The van der Waals surface area contributed by atoms with Crippen molar-refractivity contribution in [2.24, 2.45) is 75.6 Å². The van der Waals surface area contributed by atoms with Gasteiger partial charge in [-0.2, -0.15) is 0 Å². The molecule has 564 valence electrons. The maximum absolute atomic E-state index is 15.6. The van der Waals surface area contributed by atoms with Crippen LogP contribution in [0.5, 0.6) is 0 Å². The van der Waals surface area contributed by atoms with Crippen molar-refractivity contribution in [2.45, 2.75) is 264 Å². The third-order valence-electron chi connectivity index (χ3n) is 21.3. The lowest BCUT2D eigenvalue weighted by atomic mass is 9.74. The summed E-state index contributed by atoms with van der Waals surface area (Å²) in [5, 5.41) is 41.4. The Morgan fingerprint density at radius 2 is 1.39 bits per heavy atom. The van der Waals surface area contributed by atoms with Gasteiger partial charge < -0.3 is 68.7 Å².